The molecule has 150 valence electrons. The Balaban J connectivity index is 1.69. The zero-order valence-corrected chi connectivity index (χ0v) is 17.4. The van der Waals surface area contributed by atoms with Gasteiger partial charge >= 0.3 is 0 Å². The van der Waals surface area contributed by atoms with Crippen LogP contribution in [-0.4, -0.2) is 10.9 Å². The standard InChI is InChI=1S/C26H25N3O/c1-17-13-14-18(2)24(15-17)29-25-16-22(21-11-7-8-12-23(21)28-25)26(30)27-19(3)20-9-5-4-6-10-20/h4-16,19H,1-3H3,(H,27,30)(H,28,29)/t19-/m0/s1. The first-order chi connectivity index (χ1) is 14.5. The number of aryl methyl sites for hydroxylation is 2. The topological polar surface area (TPSA) is 54.0 Å². The van der Waals surface area contributed by atoms with Crippen molar-refractivity contribution in [3.05, 3.63) is 101 Å². The van der Waals surface area contributed by atoms with E-state index in [1.807, 2.05) is 67.6 Å². The van der Waals surface area contributed by atoms with Gasteiger partial charge in [0.25, 0.3) is 5.91 Å². The number of pyridine rings is 1. The molecule has 0 fully saturated rings. The largest absolute Gasteiger partial charge is 0.345 e. The number of nitrogens with zero attached hydrogens (tertiary/aromatic N) is 1. The summed E-state index contributed by atoms with van der Waals surface area (Å²) in [4.78, 5) is 17.9. The lowest BCUT2D eigenvalue weighted by Gasteiger charge is -2.17. The number of benzene rings is 3. The van der Waals surface area contributed by atoms with Crippen LogP contribution >= 0.6 is 0 Å². The number of fused-ring (bicyclic) bond motifs is 1. The number of carbonyl (C=O) groups excluding carboxylic acids is 1. The fourth-order valence-corrected chi connectivity index (χ4v) is 3.54. The zero-order valence-electron chi connectivity index (χ0n) is 17.4. The number of rotatable bonds is 5. The Morgan fingerprint density at radius 2 is 1.63 bits per heavy atom. The van der Waals surface area contributed by atoms with Gasteiger partial charge in [0.05, 0.1) is 17.1 Å². The first-order valence-corrected chi connectivity index (χ1v) is 10.1. The Morgan fingerprint density at radius 3 is 2.43 bits per heavy atom. The molecular formula is C26H25N3O. The average molecular weight is 396 g/mol. The van der Waals surface area contributed by atoms with E-state index in [1.165, 1.54) is 5.56 Å². The summed E-state index contributed by atoms with van der Waals surface area (Å²) in [6.45, 7) is 6.10. The number of para-hydroxylation sites is 1. The van der Waals surface area contributed by atoms with Gasteiger partial charge in [-0.25, -0.2) is 4.98 Å². The summed E-state index contributed by atoms with van der Waals surface area (Å²) in [6, 6.07) is 25.7. The second-order valence-electron chi connectivity index (χ2n) is 7.62. The molecule has 4 rings (SSSR count). The molecule has 30 heavy (non-hydrogen) atoms. The predicted molar refractivity (Wildman–Crippen MR) is 123 cm³/mol. The molecule has 1 atom stereocenters. The van der Waals surface area contributed by atoms with Crippen molar-refractivity contribution in [3.8, 4) is 0 Å². The quantitative estimate of drug-likeness (QED) is 0.430. The summed E-state index contributed by atoms with van der Waals surface area (Å²) in [5.74, 6) is 0.536. The van der Waals surface area contributed by atoms with Crippen LogP contribution in [0.2, 0.25) is 0 Å². The number of nitrogens with one attached hydrogen (secondary N) is 2. The molecule has 1 amide bonds. The van der Waals surface area contributed by atoms with Crippen molar-refractivity contribution in [2.75, 3.05) is 5.32 Å². The highest BCUT2D eigenvalue weighted by Gasteiger charge is 2.16. The Bertz CT molecular complexity index is 1200. The van der Waals surface area contributed by atoms with Crippen LogP contribution in [0.25, 0.3) is 10.9 Å². The highest BCUT2D eigenvalue weighted by Crippen LogP contribution is 2.26. The molecule has 1 aromatic heterocycles. The molecule has 4 aromatic rings. The van der Waals surface area contributed by atoms with E-state index >= 15 is 0 Å². The van der Waals surface area contributed by atoms with Gasteiger partial charge in [-0.05, 0) is 55.7 Å². The maximum Gasteiger partial charge on any atom is 0.252 e. The molecule has 0 unspecified atom stereocenters. The first-order valence-electron chi connectivity index (χ1n) is 10.1. The lowest BCUT2D eigenvalue weighted by atomic mass is 10.1. The number of hydrogen-bond donors (Lipinski definition) is 2. The van der Waals surface area contributed by atoms with E-state index in [0.29, 0.717) is 11.4 Å². The normalized spacial score (nSPS) is 11.8. The van der Waals surface area contributed by atoms with Gasteiger partial charge in [-0.3, -0.25) is 4.79 Å². The lowest BCUT2D eigenvalue weighted by Crippen LogP contribution is -2.27. The fraction of sp³-hybridized carbons (Fsp3) is 0.154. The van der Waals surface area contributed by atoms with Crippen LogP contribution in [0.4, 0.5) is 11.5 Å². The average Bonchev–Trinajstić information content (AvgIpc) is 2.76. The zero-order chi connectivity index (χ0) is 21.1. The first kappa shape index (κ1) is 19.6. The van der Waals surface area contributed by atoms with Crippen molar-refractivity contribution in [2.24, 2.45) is 0 Å². The van der Waals surface area contributed by atoms with Crippen LogP contribution in [0.1, 0.15) is 40.0 Å². The molecule has 1 heterocycles. The fourth-order valence-electron chi connectivity index (χ4n) is 3.54. The number of amides is 1. The molecule has 0 bridgehead atoms. The summed E-state index contributed by atoms with van der Waals surface area (Å²) in [5, 5.41) is 7.35. The van der Waals surface area contributed by atoms with Gasteiger partial charge in [0.1, 0.15) is 5.82 Å². The van der Waals surface area contributed by atoms with Crippen LogP contribution in [0, 0.1) is 13.8 Å². The second-order valence-corrected chi connectivity index (χ2v) is 7.62. The molecule has 0 radical (unpaired) electrons. The van der Waals surface area contributed by atoms with Gasteiger partial charge in [0.15, 0.2) is 0 Å². The van der Waals surface area contributed by atoms with Crippen molar-refractivity contribution < 1.29 is 4.79 Å². The van der Waals surface area contributed by atoms with Crippen molar-refractivity contribution in [3.63, 3.8) is 0 Å². The van der Waals surface area contributed by atoms with E-state index in [1.54, 1.807) is 0 Å². The van der Waals surface area contributed by atoms with E-state index in [4.69, 9.17) is 4.98 Å². The van der Waals surface area contributed by atoms with Gasteiger partial charge in [-0.15, -0.1) is 0 Å². The summed E-state index contributed by atoms with van der Waals surface area (Å²) in [6.07, 6.45) is 0. The molecule has 0 aliphatic rings. The molecule has 0 spiro atoms. The monoisotopic (exact) mass is 395 g/mol. The van der Waals surface area contributed by atoms with Crippen molar-refractivity contribution in [1.29, 1.82) is 0 Å². The highest BCUT2D eigenvalue weighted by molar-refractivity contribution is 6.07. The molecule has 4 heteroatoms. The third kappa shape index (κ3) is 4.18. The third-order valence-electron chi connectivity index (χ3n) is 5.26. The van der Waals surface area contributed by atoms with Crippen LogP contribution in [0.15, 0.2) is 78.9 Å². The summed E-state index contributed by atoms with van der Waals surface area (Å²) in [5.41, 5.74) is 5.74. The van der Waals surface area contributed by atoms with Crippen molar-refractivity contribution in [1.82, 2.24) is 10.3 Å². The Labute approximate surface area is 177 Å². The highest BCUT2D eigenvalue weighted by atomic mass is 16.1. The van der Waals surface area contributed by atoms with E-state index in [0.717, 1.165) is 27.7 Å². The maximum atomic E-state index is 13.2. The summed E-state index contributed by atoms with van der Waals surface area (Å²) >= 11 is 0. The van der Waals surface area contributed by atoms with Gasteiger partial charge in [0, 0.05) is 11.1 Å². The van der Waals surface area contributed by atoms with Crippen LogP contribution in [-0.2, 0) is 0 Å². The minimum atomic E-state index is -0.117. The van der Waals surface area contributed by atoms with Crippen molar-refractivity contribution in [2.45, 2.75) is 26.8 Å². The molecule has 2 N–H and O–H groups in total. The Morgan fingerprint density at radius 1 is 0.900 bits per heavy atom. The predicted octanol–water partition coefficient (Wildman–Crippen LogP) is 6.09. The van der Waals surface area contributed by atoms with Gasteiger partial charge in [0.2, 0.25) is 0 Å². The van der Waals surface area contributed by atoms with Gasteiger partial charge < -0.3 is 10.6 Å². The maximum absolute atomic E-state index is 13.2. The Hall–Kier alpha value is -3.66. The molecule has 4 nitrogen and oxygen atoms in total. The number of anilines is 2. The molecule has 3 aromatic carbocycles. The van der Waals surface area contributed by atoms with Crippen molar-refractivity contribution >= 4 is 28.3 Å². The van der Waals surface area contributed by atoms with Gasteiger partial charge in [-0.2, -0.15) is 0 Å². The van der Waals surface area contributed by atoms with Crippen LogP contribution < -0.4 is 10.6 Å². The minimum absolute atomic E-state index is 0.0962. The molecule has 0 aliphatic carbocycles. The number of carbonyl (C=O) groups is 1. The van der Waals surface area contributed by atoms with Crippen LogP contribution in [0.3, 0.4) is 0 Å². The summed E-state index contributed by atoms with van der Waals surface area (Å²) < 4.78 is 0. The minimum Gasteiger partial charge on any atom is -0.345 e. The molecular weight excluding hydrogens is 370 g/mol. The third-order valence-corrected chi connectivity index (χ3v) is 5.26. The Kier molecular flexibility index (Phi) is 5.48. The van der Waals surface area contributed by atoms with Crippen LogP contribution in [0.5, 0.6) is 0 Å². The SMILES string of the molecule is Cc1ccc(C)c(Nc2cc(C(=O)N[C@@H](C)c3ccccc3)c3ccccc3n2)c1. The smallest absolute Gasteiger partial charge is 0.252 e. The van der Waals surface area contributed by atoms with E-state index in [2.05, 4.69) is 42.7 Å². The van der Waals surface area contributed by atoms with Gasteiger partial charge in [-0.1, -0.05) is 60.7 Å². The number of aromatic nitrogens is 1. The summed E-state index contributed by atoms with van der Waals surface area (Å²) in [7, 11) is 0. The number of hydrogen-bond acceptors (Lipinski definition) is 3. The molecule has 0 aliphatic heterocycles. The van der Waals surface area contributed by atoms with E-state index in [9.17, 15) is 4.79 Å². The lowest BCUT2D eigenvalue weighted by molar-refractivity contribution is 0.0941. The van der Waals surface area contributed by atoms with E-state index < -0.39 is 0 Å². The second kappa shape index (κ2) is 8.37. The molecule has 0 saturated carbocycles. The molecule has 0 saturated heterocycles. The van der Waals surface area contributed by atoms with E-state index in [-0.39, 0.29) is 11.9 Å².